The van der Waals surface area contributed by atoms with Gasteiger partial charge in [0.1, 0.15) is 13.2 Å². The SMILES string of the molecule is CC/C=C\C/C=C\C/C=C\C/C=C\C/C=C\CCCCCCCCCCCCCC(=O)OCC(COC(=O)CCCCCCCCCC)OC(=O)CCCCCCCCCCC/C=C\C/C=C\CCCCCCC. The van der Waals surface area contributed by atoms with Gasteiger partial charge in [-0.2, -0.15) is 0 Å². The molecule has 0 aromatic carbocycles. The fourth-order valence-corrected chi connectivity index (χ4v) is 8.91. The van der Waals surface area contributed by atoms with Gasteiger partial charge in [-0.25, -0.2) is 0 Å². The van der Waals surface area contributed by atoms with Crippen LogP contribution in [0.4, 0.5) is 0 Å². The third kappa shape index (κ3) is 59.5. The summed E-state index contributed by atoms with van der Waals surface area (Å²) in [4.78, 5) is 38.1. The summed E-state index contributed by atoms with van der Waals surface area (Å²) < 4.78 is 16.9. The van der Waals surface area contributed by atoms with Gasteiger partial charge in [0.2, 0.25) is 0 Å². The van der Waals surface area contributed by atoms with E-state index < -0.39 is 6.10 Å². The van der Waals surface area contributed by atoms with Crippen LogP contribution in [0.2, 0.25) is 0 Å². The van der Waals surface area contributed by atoms with E-state index in [-0.39, 0.29) is 31.1 Å². The lowest BCUT2D eigenvalue weighted by atomic mass is 10.0. The quantitative estimate of drug-likeness (QED) is 0.0261. The highest BCUT2D eigenvalue weighted by Gasteiger charge is 2.19. The summed E-state index contributed by atoms with van der Waals surface area (Å²) in [6, 6.07) is 0. The summed E-state index contributed by atoms with van der Waals surface area (Å²) in [7, 11) is 0. The van der Waals surface area contributed by atoms with Crippen LogP contribution in [0.25, 0.3) is 0 Å². The van der Waals surface area contributed by atoms with Gasteiger partial charge < -0.3 is 14.2 Å². The maximum absolute atomic E-state index is 12.9. The van der Waals surface area contributed by atoms with Crippen molar-refractivity contribution >= 4 is 17.9 Å². The standard InChI is InChI=1S/C68H118O6/c1-4-7-10-13-16-19-21-23-25-27-29-31-32-33-34-35-36-38-39-41-43-45-47-49-52-55-58-61-67(70)73-64-65(63-72-66(69)60-57-54-51-18-15-12-9-6-3)74-68(71)62-59-56-53-50-48-46-44-42-40-37-30-28-26-24-22-20-17-14-11-8-5-2/h7,10,16,19,22-25,28-31,33-34,65H,4-6,8-9,11-15,17-18,20-21,26-27,32,35-64H2,1-3H3/b10-7-,19-16-,24-22-,25-23-,30-28-,31-29-,34-33-. The molecule has 1 atom stereocenters. The van der Waals surface area contributed by atoms with Gasteiger partial charge >= 0.3 is 17.9 Å². The molecule has 6 nitrogen and oxygen atoms in total. The molecule has 426 valence electrons. The zero-order valence-electron chi connectivity index (χ0n) is 48.8. The van der Waals surface area contributed by atoms with Crippen molar-refractivity contribution in [2.75, 3.05) is 13.2 Å². The Kier molecular flexibility index (Phi) is 59.3. The number of ether oxygens (including phenoxy) is 3. The van der Waals surface area contributed by atoms with Gasteiger partial charge in [-0.3, -0.25) is 14.4 Å². The van der Waals surface area contributed by atoms with Crippen molar-refractivity contribution in [2.24, 2.45) is 0 Å². The molecule has 0 aliphatic carbocycles. The molecule has 1 unspecified atom stereocenters. The fourth-order valence-electron chi connectivity index (χ4n) is 8.91. The van der Waals surface area contributed by atoms with Crippen LogP contribution in [0.5, 0.6) is 0 Å². The van der Waals surface area contributed by atoms with Crippen molar-refractivity contribution < 1.29 is 28.6 Å². The molecule has 0 saturated heterocycles. The van der Waals surface area contributed by atoms with Crippen LogP contribution in [0.3, 0.4) is 0 Å². The molecule has 0 saturated carbocycles. The number of carbonyl (C=O) groups excluding carboxylic acids is 3. The summed E-state index contributed by atoms with van der Waals surface area (Å²) in [5.41, 5.74) is 0. The number of unbranched alkanes of at least 4 members (excludes halogenated alkanes) is 32. The number of allylic oxidation sites excluding steroid dienone is 14. The first-order valence-corrected chi connectivity index (χ1v) is 31.6. The Bertz CT molecular complexity index is 1420. The van der Waals surface area contributed by atoms with E-state index in [0.29, 0.717) is 19.3 Å². The topological polar surface area (TPSA) is 78.9 Å². The Morgan fingerprint density at radius 1 is 0.284 bits per heavy atom. The summed E-state index contributed by atoms with van der Waals surface area (Å²) >= 11 is 0. The van der Waals surface area contributed by atoms with E-state index in [0.717, 1.165) is 96.3 Å². The average Bonchev–Trinajstić information content (AvgIpc) is 3.40. The highest BCUT2D eigenvalue weighted by atomic mass is 16.6. The third-order valence-corrected chi connectivity index (χ3v) is 13.6. The molecule has 74 heavy (non-hydrogen) atoms. The maximum Gasteiger partial charge on any atom is 0.306 e. The second-order valence-electron chi connectivity index (χ2n) is 20.9. The van der Waals surface area contributed by atoms with Crippen molar-refractivity contribution in [2.45, 2.75) is 316 Å². The Labute approximate surface area is 458 Å². The van der Waals surface area contributed by atoms with Gasteiger partial charge in [-0.15, -0.1) is 0 Å². The molecule has 0 rings (SSSR count). The second-order valence-corrected chi connectivity index (χ2v) is 20.9. The normalized spacial score (nSPS) is 12.6. The molecular formula is C68H118O6. The first-order chi connectivity index (χ1) is 36.5. The molecular weight excluding hydrogens is 913 g/mol. The largest absolute Gasteiger partial charge is 0.462 e. The lowest BCUT2D eigenvalue weighted by Gasteiger charge is -2.18. The van der Waals surface area contributed by atoms with Gasteiger partial charge in [0.25, 0.3) is 0 Å². The summed E-state index contributed by atoms with van der Waals surface area (Å²) in [5, 5.41) is 0. The zero-order chi connectivity index (χ0) is 53.6. The maximum atomic E-state index is 12.9. The van der Waals surface area contributed by atoms with Crippen LogP contribution in [0.15, 0.2) is 85.1 Å². The van der Waals surface area contributed by atoms with Crippen molar-refractivity contribution in [3.05, 3.63) is 85.1 Å². The number of hydrogen-bond donors (Lipinski definition) is 0. The van der Waals surface area contributed by atoms with E-state index in [4.69, 9.17) is 14.2 Å². The van der Waals surface area contributed by atoms with E-state index in [1.165, 1.54) is 173 Å². The van der Waals surface area contributed by atoms with Crippen molar-refractivity contribution in [3.8, 4) is 0 Å². The molecule has 0 aliphatic heterocycles. The Morgan fingerprint density at radius 3 is 0.824 bits per heavy atom. The predicted molar refractivity (Wildman–Crippen MR) is 321 cm³/mol. The van der Waals surface area contributed by atoms with Crippen LogP contribution < -0.4 is 0 Å². The third-order valence-electron chi connectivity index (χ3n) is 13.6. The molecule has 0 amide bonds. The van der Waals surface area contributed by atoms with Crippen LogP contribution in [0.1, 0.15) is 310 Å². The van der Waals surface area contributed by atoms with E-state index >= 15 is 0 Å². The number of carbonyl (C=O) groups is 3. The molecule has 0 radical (unpaired) electrons. The first kappa shape index (κ1) is 70.6. The van der Waals surface area contributed by atoms with Gasteiger partial charge in [0, 0.05) is 19.3 Å². The monoisotopic (exact) mass is 1030 g/mol. The van der Waals surface area contributed by atoms with Crippen molar-refractivity contribution in [3.63, 3.8) is 0 Å². The molecule has 6 heteroatoms. The fraction of sp³-hybridized carbons (Fsp3) is 0.750. The van der Waals surface area contributed by atoms with Gasteiger partial charge in [0.15, 0.2) is 6.10 Å². The molecule has 0 bridgehead atoms. The molecule has 0 fully saturated rings. The first-order valence-electron chi connectivity index (χ1n) is 31.6. The van der Waals surface area contributed by atoms with Crippen LogP contribution in [0, 0.1) is 0 Å². The van der Waals surface area contributed by atoms with Crippen molar-refractivity contribution in [1.29, 1.82) is 0 Å². The number of rotatable bonds is 57. The smallest absolute Gasteiger partial charge is 0.306 e. The summed E-state index contributed by atoms with van der Waals surface area (Å²) in [6.07, 6.45) is 81.7. The minimum absolute atomic E-state index is 0.0765. The van der Waals surface area contributed by atoms with E-state index in [2.05, 4.69) is 106 Å². The predicted octanol–water partition coefficient (Wildman–Crippen LogP) is 21.5. The average molecular weight is 1030 g/mol. The van der Waals surface area contributed by atoms with Crippen LogP contribution in [-0.4, -0.2) is 37.2 Å². The number of hydrogen-bond acceptors (Lipinski definition) is 6. The molecule has 0 N–H and O–H groups in total. The van der Waals surface area contributed by atoms with E-state index in [1.54, 1.807) is 0 Å². The van der Waals surface area contributed by atoms with Crippen LogP contribution in [-0.2, 0) is 28.6 Å². The second kappa shape index (κ2) is 62.1. The van der Waals surface area contributed by atoms with Crippen LogP contribution >= 0.6 is 0 Å². The zero-order valence-corrected chi connectivity index (χ0v) is 48.8. The van der Waals surface area contributed by atoms with Gasteiger partial charge in [-0.1, -0.05) is 279 Å². The lowest BCUT2D eigenvalue weighted by Crippen LogP contribution is -2.30. The van der Waals surface area contributed by atoms with Gasteiger partial charge in [-0.05, 0) is 96.3 Å². The highest BCUT2D eigenvalue weighted by molar-refractivity contribution is 5.71. The Hall–Kier alpha value is -3.41. The molecule has 0 aromatic rings. The Morgan fingerprint density at radius 2 is 0.527 bits per heavy atom. The molecule has 0 aliphatic rings. The highest BCUT2D eigenvalue weighted by Crippen LogP contribution is 2.16. The molecule has 0 aromatic heterocycles. The summed E-state index contributed by atoms with van der Waals surface area (Å²) in [5.74, 6) is -0.878. The van der Waals surface area contributed by atoms with Gasteiger partial charge in [0.05, 0.1) is 0 Å². The molecule has 0 heterocycles. The van der Waals surface area contributed by atoms with Crippen molar-refractivity contribution in [1.82, 2.24) is 0 Å². The Balaban J connectivity index is 4.18. The number of esters is 3. The minimum atomic E-state index is -0.778. The lowest BCUT2D eigenvalue weighted by molar-refractivity contribution is -0.167. The van der Waals surface area contributed by atoms with E-state index in [1.807, 2.05) is 0 Å². The molecule has 0 spiro atoms. The summed E-state index contributed by atoms with van der Waals surface area (Å²) in [6.45, 7) is 6.51. The van der Waals surface area contributed by atoms with E-state index in [9.17, 15) is 14.4 Å². The minimum Gasteiger partial charge on any atom is -0.462 e.